The monoisotopic (exact) mass is 474 g/mol. The Bertz CT molecular complexity index is 1420. The van der Waals surface area contributed by atoms with Crippen molar-refractivity contribution in [2.24, 2.45) is 0 Å². The molecule has 0 bridgehead atoms. The van der Waals surface area contributed by atoms with Crippen molar-refractivity contribution < 1.29 is 23.8 Å². The maximum absolute atomic E-state index is 14.5. The summed E-state index contributed by atoms with van der Waals surface area (Å²) in [5.74, 6) is 0.284. The number of likely N-dealkylation sites (tertiary alicyclic amines) is 1. The second kappa shape index (κ2) is 9.09. The van der Waals surface area contributed by atoms with Gasteiger partial charge in [0.2, 0.25) is 17.6 Å². The molecule has 178 valence electrons. The number of ether oxygens (including phenoxy) is 2. The standard InChI is InChI=1S/C26H23FN4O4/c1-3-21(32)30-14-5-6-18(30)25-29-23(24-26(33)28-13-15-31(24)25)16-9-11-17(12-10-16)35-20-8-4-7-19(34-2)22(20)27/h3-4,7-13,15,18H,1,5-6,14H2,2H3,(H,28,33). The number of nitrogens with zero attached hydrogens (tertiary/aromatic N) is 4. The Morgan fingerprint density at radius 2 is 2.00 bits per heavy atom. The van der Waals surface area contributed by atoms with Gasteiger partial charge in [0.1, 0.15) is 22.8 Å². The molecule has 1 saturated heterocycles. The zero-order valence-electron chi connectivity index (χ0n) is 19.0. The summed E-state index contributed by atoms with van der Waals surface area (Å²) in [6.07, 6.45) is 6.11. The Kier molecular flexibility index (Phi) is 5.82. The third-order valence-corrected chi connectivity index (χ3v) is 6.07. The van der Waals surface area contributed by atoms with Crippen LogP contribution in [0, 0.1) is 5.82 Å². The smallest absolute Gasteiger partial charge is 0.246 e. The fourth-order valence-electron chi connectivity index (χ4n) is 4.43. The van der Waals surface area contributed by atoms with Crippen LogP contribution >= 0.6 is 0 Å². The van der Waals surface area contributed by atoms with Crippen molar-refractivity contribution in [1.29, 1.82) is 0 Å². The van der Waals surface area contributed by atoms with Crippen LogP contribution in [0.15, 0.2) is 67.5 Å². The lowest BCUT2D eigenvalue weighted by Gasteiger charge is -2.22. The lowest BCUT2D eigenvalue weighted by Crippen LogP contribution is -2.29. The number of hydrogen-bond acceptors (Lipinski definition) is 6. The van der Waals surface area contributed by atoms with Gasteiger partial charge in [-0.1, -0.05) is 12.6 Å². The van der Waals surface area contributed by atoms with E-state index in [1.807, 2.05) is 0 Å². The molecular formula is C26H23FN4O4. The number of fused-ring (bicyclic) bond motifs is 1. The largest absolute Gasteiger partial charge is 0.494 e. The minimum Gasteiger partial charge on any atom is -0.494 e. The molecule has 1 fully saturated rings. The van der Waals surface area contributed by atoms with Crippen LogP contribution in [0.2, 0.25) is 0 Å². The SMILES string of the molecule is C=CC(=O)N1CCCC1c1nc(-c2ccc(Oc3cccc(OC)c3F)cc2)c2c(O)nccn12. The number of methoxy groups -OCH3 is 1. The van der Waals surface area contributed by atoms with Gasteiger partial charge in [0.05, 0.1) is 13.2 Å². The van der Waals surface area contributed by atoms with E-state index in [9.17, 15) is 14.3 Å². The highest BCUT2D eigenvalue weighted by Crippen LogP contribution is 2.38. The van der Waals surface area contributed by atoms with Crippen LogP contribution in [0.5, 0.6) is 23.1 Å². The van der Waals surface area contributed by atoms with E-state index in [0.717, 1.165) is 12.8 Å². The lowest BCUT2D eigenvalue weighted by atomic mass is 10.1. The molecule has 0 spiro atoms. The van der Waals surface area contributed by atoms with Gasteiger partial charge in [0.15, 0.2) is 11.5 Å². The normalized spacial score (nSPS) is 15.4. The molecule has 4 aromatic rings. The molecule has 1 aliphatic heterocycles. The van der Waals surface area contributed by atoms with E-state index in [1.165, 1.54) is 31.5 Å². The summed E-state index contributed by atoms with van der Waals surface area (Å²) in [7, 11) is 1.39. The number of rotatable bonds is 6. The Labute approximate surface area is 200 Å². The van der Waals surface area contributed by atoms with Crippen molar-refractivity contribution in [2.75, 3.05) is 13.7 Å². The minimum absolute atomic E-state index is 0.0434. The molecule has 8 nitrogen and oxygen atoms in total. The highest BCUT2D eigenvalue weighted by Gasteiger charge is 2.33. The van der Waals surface area contributed by atoms with Crippen molar-refractivity contribution in [1.82, 2.24) is 19.3 Å². The van der Waals surface area contributed by atoms with Crippen molar-refractivity contribution in [3.63, 3.8) is 0 Å². The van der Waals surface area contributed by atoms with Gasteiger partial charge in [-0.05, 0) is 55.3 Å². The molecule has 9 heteroatoms. The number of aromatic hydroxyl groups is 1. The first kappa shape index (κ1) is 22.4. The summed E-state index contributed by atoms with van der Waals surface area (Å²) in [4.78, 5) is 23.0. The van der Waals surface area contributed by atoms with Crippen LogP contribution in [0.3, 0.4) is 0 Å². The molecule has 2 aromatic carbocycles. The average Bonchev–Trinajstić information content (AvgIpc) is 3.51. The number of imidazole rings is 1. The number of carbonyl (C=O) groups is 1. The molecule has 1 amide bonds. The Balaban J connectivity index is 1.52. The first-order valence-corrected chi connectivity index (χ1v) is 11.1. The number of benzene rings is 2. The van der Waals surface area contributed by atoms with Crippen molar-refractivity contribution in [2.45, 2.75) is 18.9 Å². The van der Waals surface area contributed by atoms with Gasteiger partial charge < -0.3 is 19.5 Å². The molecule has 0 radical (unpaired) electrons. The predicted molar refractivity (Wildman–Crippen MR) is 127 cm³/mol. The van der Waals surface area contributed by atoms with Crippen molar-refractivity contribution in [3.8, 4) is 34.4 Å². The van der Waals surface area contributed by atoms with Crippen LogP contribution in [0.25, 0.3) is 16.8 Å². The van der Waals surface area contributed by atoms with E-state index in [0.29, 0.717) is 34.9 Å². The second-order valence-corrected chi connectivity index (χ2v) is 8.08. The molecule has 1 N–H and O–H groups in total. The zero-order chi connectivity index (χ0) is 24.5. The number of hydrogen-bond donors (Lipinski definition) is 1. The number of amides is 1. The lowest BCUT2D eigenvalue weighted by molar-refractivity contribution is -0.127. The third kappa shape index (κ3) is 3.95. The number of halogens is 1. The van der Waals surface area contributed by atoms with Crippen molar-refractivity contribution >= 4 is 11.4 Å². The average molecular weight is 474 g/mol. The van der Waals surface area contributed by atoms with Crippen LogP contribution in [0.4, 0.5) is 4.39 Å². The van der Waals surface area contributed by atoms with E-state index in [-0.39, 0.29) is 29.3 Å². The fourth-order valence-corrected chi connectivity index (χ4v) is 4.43. The van der Waals surface area contributed by atoms with Crippen LogP contribution in [-0.2, 0) is 4.79 Å². The zero-order valence-corrected chi connectivity index (χ0v) is 19.0. The van der Waals surface area contributed by atoms with E-state index >= 15 is 0 Å². The van der Waals surface area contributed by atoms with Gasteiger partial charge in [-0.15, -0.1) is 0 Å². The van der Waals surface area contributed by atoms with Gasteiger partial charge in [-0.25, -0.2) is 9.97 Å². The molecule has 1 unspecified atom stereocenters. The summed E-state index contributed by atoms with van der Waals surface area (Å²) < 4.78 is 26.9. The van der Waals surface area contributed by atoms with Crippen LogP contribution < -0.4 is 9.47 Å². The molecule has 1 aliphatic rings. The Morgan fingerprint density at radius 3 is 2.74 bits per heavy atom. The van der Waals surface area contributed by atoms with Gasteiger partial charge in [0.25, 0.3) is 0 Å². The van der Waals surface area contributed by atoms with E-state index in [4.69, 9.17) is 14.5 Å². The van der Waals surface area contributed by atoms with E-state index < -0.39 is 5.82 Å². The number of aromatic nitrogens is 3. The molecule has 35 heavy (non-hydrogen) atoms. The summed E-state index contributed by atoms with van der Waals surface area (Å²) in [6, 6.07) is 11.3. The maximum Gasteiger partial charge on any atom is 0.246 e. The minimum atomic E-state index is -0.588. The van der Waals surface area contributed by atoms with Crippen molar-refractivity contribution in [3.05, 3.63) is 79.2 Å². The summed E-state index contributed by atoms with van der Waals surface area (Å²) in [5.41, 5.74) is 1.66. The third-order valence-electron chi connectivity index (χ3n) is 6.07. The predicted octanol–water partition coefficient (Wildman–Crippen LogP) is 4.89. The summed E-state index contributed by atoms with van der Waals surface area (Å²) in [5, 5.41) is 10.6. The maximum atomic E-state index is 14.5. The molecule has 3 heterocycles. The van der Waals surface area contributed by atoms with Gasteiger partial charge in [-0.3, -0.25) is 9.20 Å². The van der Waals surface area contributed by atoms with Crippen LogP contribution in [0.1, 0.15) is 24.7 Å². The first-order chi connectivity index (χ1) is 17.0. The fraction of sp³-hybridized carbons (Fsp3) is 0.192. The quantitative estimate of drug-likeness (QED) is 0.400. The summed E-state index contributed by atoms with van der Waals surface area (Å²) in [6.45, 7) is 4.22. The van der Waals surface area contributed by atoms with Gasteiger partial charge in [-0.2, -0.15) is 4.39 Å². The molecule has 5 rings (SSSR count). The highest BCUT2D eigenvalue weighted by molar-refractivity contribution is 5.88. The Hall–Kier alpha value is -4.40. The molecule has 2 aromatic heterocycles. The first-order valence-electron chi connectivity index (χ1n) is 11.1. The second-order valence-electron chi connectivity index (χ2n) is 8.08. The van der Waals surface area contributed by atoms with Crippen LogP contribution in [-0.4, -0.2) is 43.9 Å². The van der Waals surface area contributed by atoms with E-state index in [1.54, 1.807) is 45.8 Å². The molecular weight excluding hydrogens is 451 g/mol. The molecule has 0 aliphatic carbocycles. The highest BCUT2D eigenvalue weighted by atomic mass is 19.1. The van der Waals surface area contributed by atoms with Gasteiger partial charge in [0, 0.05) is 24.5 Å². The summed E-state index contributed by atoms with van der Waals surface area (Å²) >= 11 is 0. The van der Waals surface area contributed by atoms with Gasteiger partial charge >= 0.3 is 0 Å². The topological polar surface area (TPSA) is 89.2 Å². The number of carbonyl (C=O) groups excluding carboxylic acids is 1. The molecule has 0 saturated carbocycles. The molecule has 1 atom stereocenters. The Morgan fingerprint density at radius 1 is 1.23 bits per heavy atom. The van der Waals surface area contributed by atoms with E-state index in [2.05, 4.69) is 11.6 Å².